The molecule has 1 amide bonds. The van der Waals surface area contributed by atoms with E-state index in [0.717, 1.165) is 5.52 Å². The van der Waals surface area contributed by atoms with Gasteiger partial charge in [-0.15, -0.1) is 0 Å². The number of cyclic esters (lactones) is 1. The number of ether oxygens (including phenoxy) is 5. The summed E-state index contributed by atoms with van der Waals surface area (Å²) in [5.41, 5.74) is -1.09. The first-order valence-electron chi connectivity index (χ1n) is 20.1. The van der Waals surface area contributed by atoms with Crippen molar-refractivity contribution in [2.75, 3.05) is 27.7 Å². The summed E-state index contributed by atoms with van der Waals surface area (Å²) < 4.78 is 33.2. The molecule has 15 nitrogen and oxygen atoms in total. The number of amides is 1. The summed E-state index contributed by atoms with van der Waals surface area (Å²) >= 11 is 0. The van der Waals surface area contributed by atoms with Gasteiger partial charge in [0, 0.05) is 50.2 Å². The summed E-state index contributed by atoms with van der Waals surface area (Å²) in [6.45, 7) is 14.9. The average molecular weight is 786 g/mol. The molecule has 1 N–H and O–H groups in total. The van der Waals surface area contributed by atoms with Crippen LogP contribution in [0.2, 0.25) is 0 Å². The van der Waals surface area contributed by atoms with E-state index in [9.17, 15) is 24.3 Å². The van der Waals surface area contributed by atoms with E-state index in [-0.39, 0.29) is 30.8 Å². The number of aromatic nitrogens is 3. The number of aliphatic hydroxyl groups excluding tert-OH is 1. The minimum atomic E-state index is -1.40. The van der Waals surface area contributed by atoms with E-state index in [1.165, 1.54) is 14.0 Å². The Morgan fingerprint density at radius 3 is 2.36 bits per heavy atom. The molecular formula is C41H63N5O10. The number of ketones is 2. The van der Waals surface area contributed by atoms with Gasteiger partial charge in [-0.2, -0.15) is 0 Å². The molecule has 0 aliphatic carbocycles. The highest BCUT2D eigenvalue weighted by Crippen LogP contribution is 2.43. The Balaban J connectivity index is 1.46. The lowest BCUT2D eigenvalue weighted by molar-refractivity contribution is -0.295. The number of carbonyl (C=O) groups excluding carboxylic acids is 4. The third kappa shape index (κ3) is 8.52. The first kappa shape index (κ1) is 43.6. The number of imidazole rings is 1. The maximum Gasteiger partial charge on any atom is 0.410 e. The van der Waals surface area contributed by atoms with Gasteiger partial charge >= 0.3 is 12.1 Å². The maximum absolute atomic E-state index is 14.7. The normalized spacial score (nSPS) is 37.7. The van der Waals surface area contributed by atoms with E-state index < -0.39 is 83.4 Å². The second kappa shape index (κ2) is 17.6. The van der Waals surface area contributed by atoms with Crippen LogP contribution in [0.25, 0.3) is 11.2 Å². The van der Waals surface area contributed by atoms with Crippen LogP contribution in [0.1, 0.15) is 87.5 Å². The van der Waals surface area contributed by atoms with Crippen LogP contribution in [0, 0.1) is 23.7 Å². The lowest BCUT2D eigenvalue weighted by atomic mass is 9.73. The SMILES string of the molecule is CCC1OC(=O)[C@H](C)C(=O)[C@H](C)[C@@H](O[C@@H]2O[C@H](C)C[C@H](N(C)C)[C@H]2O)[C@](C)(OC)C[C@@H](C)C(=O)[C@H](C)[C@H]2N(CCCCn3cnc4ncccc43)C(=O)O[C@]12C. The van der Waals surface area contributed by atoms with E-state index in [4.69, 9.17) is 23.7 Å². The van der Waals surface area contributed by atoms with Crippen molar-refractivity contribution in [2.45, 2.75) is 148 Å². The number of aryl methyl sites for hydroxylation is 1. The van der Waals surface area contributed by atoms with Crippen molar-refractivity contribution in [3.8, 4) is 0 Å². The van der Waals surface area contributed by atoms with Gasteiger partial charge in [0.25, 0.3) is 0 Å². The highest BCUT2D eigenvalue weighted by atomic mass is 16.7. The number of methoxy groups -OCH3 is 1. The molecule has 0 aromatic carbocycles. The van der Waals surface area contributed by atoms with Gasteiger partial charge in [0.1, 0.15) is 23.9 Å². The van der Waals surface area contributed by atoms with Crippen molar-refractivity contribution >= 4 is 34.8 Å². The van der Waals surface area contributed by atoms with Gasteiger partial charge in [0.05, 0.1) is 35.7 Å². The predicted octanol–water partition coefficient (Wildman–Crippen LogP) is 4.42. The van der Waals surface area contributed by atoms with Crippen LogP contribution in [0.3, 0.4) is 0 Å². The second-order valence-corrected chi connectivity index (χ2v) is 16.9. The molecule has 0 bridgehead atoms. The molecule has 2 aromatic heterocycles. The van der Waals surface area contributed by atoms with Gasteiger partial charge in [-0.25, -0.2) is 14.8 Å². The van der Waals surface area contributed by atoms with Crippen LogP contribution in [0.4, 0.5) is 4.79 Å². The van der Waals surface area contributed by atoms with Gasteiger partial charge in [0.2, 0.25) is 0 Å². The summed E-state index contributed by atoms with van der Waals surface area (Å²) in [7, 11) is 5.24. The van der Waals surface area contributed by atoms with Crippen LogP contribution in [0.15, 0.2) is 24.7 Å². The molecule has 15 heteroatoms. The highest BCUT2D eigenvalue weighted by molar-refractivity contribution is 6.00. The first-order valence-corrected chi connectivity index (χ1v) is 20.1. The quantitative estimate of drug-likeness (QED) is 0.204. The van der Waals surface area contributed by atoms with E-state index >= 15 is 0 Å². The monoisotopic (exact) mass is 785 g/mol. The zero-order chi connectivity index (χ0) is 41.3. The molecule has 0 saturated carbocycles. The first-order chi connectivity index (χ1) is 26.4. The van der Waals surface area contributed by atoms with E-state index in [0.29, 0.717) is 38.0 Å². The van der Waals surface area contributed by atoms with Crippen LogP contribution in [0.5, 0.6) is 0 Å². The Labute approximate surface area is 330 Å². The number of pyridine rings is 1. The topological polar surface area (TPSA) is 172 Å². The summed E-state index contributed by atoms with van der Waals surface area (Å²) in [6.07, 6.45) is 0.714. The molecule has 5 rings (SSSR count). The third-order valence-electron chi connectivity index (χ3n) is 12.6. The molecule has 3 aliphatic rings. The number of nitrogens with zero attached hydrogens (tertiary/aromatic N) is 5. The molecule has 0 radical (unpaired) electrons. The molecule has 13 atom stereocenters. The van der Waals surface area contributed by atoms with E-state index in [2.05, 4.69) is 9.97 Å². The fourth-order valence-corrected chi connectivity index (χ4v) is 9.35. The van der Waals surface area contributed by atoms with Gasteiger partial charge in [0.15, 0.2) is 23.3 Å². The van der Waals surface area contributed by atoms with Crippen LogP contribution >= 0.6 is 0 Å². The lowest BCUT2D eigenvalue weighted by Gasteiger charge is -2.47. The fourth-order valence-electron chi connectivity index (χ4n) is 9.35. The summed E-state index contributed by atoms with van der Waals surface area (Å²) in [5.74, 6) is -4.94. The Morgan fingerprint density at radius 1 is 1.00 bits per heavy atom. The van der Waals surface area contributed by atoms with Crippen molar-refractivity contribution in [3.05, 3.63) is 24.7 Å². The standard InChI is InChI=1S/C41H63N5O10/c1-12-30-41(8)34(46(39(51)56-41)19-14-13-18-45-22-43-36-28(45)16-15-17-42-36)25(4)31(47)23(2)21-40(7,52-11)35(26(5)32(48)27(6)37(50)54-30)55-38-33(49)29(44(9)10)20-24(3)53-38/h15-17,22-27,29-30,33-35,38,49H,12-14,18-21H2,1-11H3/t23-,24-,25+,26+,27-,29+,30?,33-,34-,35-,38+,40-,41-/m1/s1. The number of Topliss-reactive ketones (excluding diaryl/α,β-unsaturated/α-hetero) is 2. The lowest BCUT2D eigenvalue weighted by Crippen LogP contribution is -2.60. The highest BCUT2D eigenvalue weighted by Gasteiger charge is 2.60. The third-order valence-corrected chi connectivity index (χ3v) is 12.6. The summed E-state index contributed by atoms with van der Waals surface area (Å²) in [5, 5.41) is 11.4. The molecule has 1 unspecified atom stereocenters. The van der Waals surface area contributed by atoms with Crippen molar-refractivity contribution in [1.82, 2.24) is 24.3 Å². The zero-order valence-corrected chi connectivity index (χ0v) is 35.0. The number of likely N-dealkylation sites (N-methyl/N-ethyl adjacent to an activating group) is 1. The fraction of sp³-hybridized carbons (Fsp3) is 0.756. The Bertz CT molecular complexity index is 1720. The molecule has 312 valence electrons. The van der Waals surface area contributed by atoms with Gasteiger partial charge in [-0.3, -0.25) is 14.4 Å². The summed E-state index contributed by atoms with van der Waals surface area (Å²) in [6, 6.07) is 2.76. The molecule has 3 aliphatic heterocycles. The molecule has 5 heterocycles. The number of rotatable bonds is 10. The van der Waals surface area contributed by atoms with Gasteiger partial charge in [-0.1, -0.05) is 27.7 Å². The predicted molar refractivity (Wildman–Crippen MR) is 206 cm³/mol. The average Bonchev–Trinajstić information content (AvgIpc) is 3.70. The smallest absolute Gasteiger partial charge is 0.410 e. The van der Waals surface area contributed by atoms with Crippen molar-refractivity contribution in [2.24, 2.45) is 23.7 Å². The van der Waals surface area contributed by atoms with Crippen molar-refractivity contribution in [1.29, 1.82) is 0 Å². The summed E-state index contributed by atoms with van der Waals surface area (Å²) in [4.78, 5) is 68.9. The Kier molecular flexibility index (Phi) is 13.7. The minimum absolute atomic E-state index is 0.131. The van der Waals surface area contributed by atoms with Gasteiger partial charge in [-0.05, 0) is 86.0 Å². The number of unbranched alkanes of at least 4 members (excludes halogenated alkanes) is 1. The second-order valence-electron chi connectivity index (χ2n) is 16.9. The van der Waals surface area contributed by atoms with Crippen molar-refractivity contribution in [3.63, 3.8) is 0 Å². The van der Waals surface area contributed by atoms with Crippen LogP contribution in [-0.2, 0) is 44.6 Å². The Hall–Kier alpha value is -3.50. The molecule has 56 heavy (non-hydrogen) atoms. The minimum Gasteiger partial charge on any atom is -0.458 e. The number of carbonyl (C=O) groups is 4. The largest absolute Gasteiger partial charge is 0.458 e. The number of fused-ring (bicyclic) bond motifs is 2. The Morgan fingerprint density at radius 2 is 1.70 bits per heavy atom. The van der Waals surface area contributed by atoms with Crippen LogP contribution in [-0.4, -0.2) is 135 Å². The zero-order valence-electron chi connectivity index (χ0n) is 35.0. The molecule has 0 spiro atoms. The van der Waals surface area contributed by atoms with E-state index in [1.54, 1.807) is 45.1 Å². The maximum atomic E-state index is 14.7. The number of hydrogen-bond donors (Lipinski definition) is 1. The number of esters is 1. The van der Waals surface area contributed by atoms with E-state index in [1.807, 2.05) is 56.5 Å². The molecular weight excluding hydrogens is 722 g/mol. The number of hydrogen-bond acceptors (Lipinski definition) is 13. The molecule has 2 aromatic rings. The van der Waals surface area contributed by atoms with Crippen LogP contribution < -0.4 is 0 Å². The van der Waals surface area contributed by atoms with Gasteiger partial charge < -0.3 is 43.2 Å². The number of aliphatic hydroxyl groups is 1. The molecule has 3 fully saturated rings. The molecule has 3 saturated heterocycles. The van der Waals surface area contributed by atoms with Crippen molar-refractivity contribution < 1.29 is 48.0 Å².